The molecular weight excluding hydrogens is 217 g/mol. The van der Waals surface area contributed by atoms with Crippen LogP contribution in [0.2, 0.25) is 0 Å². The maximum Gasteiger partial charge on any atom is 0.123 e. The molecule has 3 heteroatoms. The van der Waals surface area contributed by atoms with E-state index in [4.69, 9.17) is 4.42 Å². The quantitative estimate of drug-likeness (QED) is 0.879. The molecule has 17 heavy (non-hydrogen) atoms. The summed E-state index contributed by atoms with van der Waals surface area (Å²) in [7, 11) is 1.85. The maximum atomic E-state index is 13.4. The second-order valence-corrected chi connectivity index (χ2v) is 4.27. The Balaban J connectivity index is 2.41. The van der Waals surface area contributed by atoms with Crippen molar-refractivity contribution in [3.63, 3.8) is 0 Å². The molecule has 0 aliphatic carbocycles. The standard InChI is InChI=1S/C14H16FNO/c1-9-4-11(7-13(15)5-9)14(16-3)12-6-10(2)17-8-12/h4-8,14,16H,1-3H3. The summed E-state index contributed by atoms with van der Waals surface area (Å²) in [6.45, 7) is 3.78. The van der Waals surface area contributed by atoms with Gasteiger partial charge < -0.3 is 9.73 Å². The average Bonchev–Trinajstić information content (AvgIpc) is 2.64. The van der Waals surface area contributed by atoms with E-state index in [0.717, 1.165) is 22.5 Å². The zero-order valence-corrected chi connectivity index (χ0v) is 10.3. The van der Waals surface area contributed by atoms with Gasteiger partial charge in [0.15, 0.2) is 0 Å². The van der Waals surface area contributed by atoms with Crippen LogP contribution in [0.25, 0.3) is 0 Å². The van der Waals surface area contributed by atoms with Crippen LogP contribution in [0.5, 0.6) is 0 Å². The Bertz CT molecular complexity index is 498. The molecule has 0 radical (unpaired) electrons. The fourth-order valence-electron chi connectivity index (χ4n) is 2.07. The minimum absolute atomic E-state index is 0.0400. The summed E-state index contributed by atoms with van der Waals surface area (Å²) < 4.78 is 18.7. The van der Waals surface area contributed by atoms with Crippen LogP contribution in [-0.4, -0.2) is 7.05 Å². The zero-order valence-electron chi connectivity index (χ0n) is 10.3. The van der Waals surface area contributed by atoms with Crippen molar-refractivity contribution < 1.29 is 8.81 Å². The lowest BCUT2D eigenvalue weighted by Gasteiger charge is -2.15. The third-order valence-electron chi connectivity index (χ3n) is 2.77. The minimum Gasteiger partial charge on any atom is -0.469 e. The summed E-state index contributed by atoms with van der Waals surface area (Å²) in [5.41, 5.74) is 2.83. The Kier molecular flexibility index (Phi) is 3.29. The summed E-state index contributed by atoms with van der Waals surface area (Å²) in [6, 6.07) is 6.98. The predicted molar refractivity (Wildman–Crippen MR) is 65.5 cm³/mol. The molecule has 0 saturated carbocycles. The monoisotopic (exact) mass is 233 g/mol. The Morgan fingerprint density at radius 1 is 1.12 bits per heavy atom. The number of hydrogen-bond donors (Lipinski definition) is 1. The largest absolute Gasteiger partial charge is 0.469 e. The van der Waals surface area contributed by atoms with Gasteiger partial charge in [-0.05, 0) is 50.2 Å². The summed E-state index contributed by atoms with van der Waals surface area (Å²) in [6.07, 6.45) is 1.71. The third kappa shape index (κ3) is 2.56. The lowest BCUT2D eigenvalue weighted by atomic mass is 9.99. The van der Waals surface area contributed by atoms with Gasteiger partial charge in [-0.15, -0.1) is 0 Å². The second kappa shape index (κ2) is 4.72. The molecule has 1 heterocycles. The van der Waals surface area contributed by atoms with Crippen LogP contribution in [0.1, 0.15) is 28.5 Å². The minimum atomic E-state index is -0.208. The fraction of sp³-hybridized carbons (Fsp3) is 0.286. The van der Waals surface area contributed by atoms with E-state index in [1.54, 1.807) is 12.3 Å². The molecule has 0 aliphatic rings. The molecule has 2 aromatic rings. The van der Waals surface area contributed by atoms with Crippen molar-refractivity contribution in [3.8, 4) is 0 Å². The fourth-order valence-corrected chi connectivity index (χ4v) is 2.07. The van der Waals surface area contributed by atoms with E-state index in [-0.39, 0.29) is 11.9 Å². The van der Waals surface area contributed by atoms with Crippen molar-refractivity contribution in [2.24, 2.45) is 0 Å². The Hall–Kier alpha value is -1.61. The van der Waals surface area contributed by atoms with Gasteiger partial charge in [0.2, 0.25) is 0 Å². The topological polar surface area (TPSA) is 25.2 Å². The van der Waals surface area contributed by atoms with Crippen molar-refractivity contribution >= 4 is 0 Å². The molecule has 90 valence electrons. The Morgan fingerprint density at radius 3 is 2.41 bits per heavy atom. The zero-order chi connectivity index (χ0) is 12.4. The van der Waals surface area contributed by atoms with Gasteiger partial charge in [0.1, 0.15) is 11.6 Å². The number of hydrogen-bond acceptors (Lipinski definition) is 2. The molecule has 0 amide bonds. The SMILES string of the molecule is CNC(c1cc(C)cc(F)c1)c1coc(C)c1. The number of nitrogens with one attached hydrogen (secondary N) is 1. The summed E-state index contributed by atoms with van der Waals surface area (Å²) >= 11 is 0. The van der Waals surface area contributed by atoms with Crippen LogP contribution in [0, 0.1) is 19.7 Å². The van der Waals surface area contributed by atoms with Gasteiger partial charge in [-0.1, -0.05) is 6.07 Å². The van der Waals surface area contributed by atoms with Crippen LogP contribution in [-0.2, 0) is 0 Å². The van der Waals surface area contributed by atoms with E-state index < -0.39 is 0 Å². The molecule has 1 aromatic carbocycles. The van der Waals surface area contributed by atoms with E-state index in [0.29, 0.717) is 0 Å². The molecule has 1 unspecified atom stereocenters. The number of furan rings is 1. The predicted octanol–water partition coefficient (Wildman–Crippen LogP) is 3.34. The van der Waals surface area contributed by atoms with Crippen LogP contribution in [0.3, 0.4) is 0 Å². The normalized spacial score (nSPS) is 12.7. The van der Waals surface area contributed by atoms with Gasteiger partial charge in [0.05, 0.1) is 12.3 Å². The highest BCUT2D eigenvalue weighted by atomic mass is 19.1. The van der Waals surface area contributed by atoms with Gasteiger partial charge in [0.25, 0.3) is 0 Å². The van der Waals surface area contributed by atoms with Crippen molar-refractivity contribution in [2.75, 3.05) is 7.05 Å². The lowest BCUT2D eigenvalue weighted by molar-refractivity contribution is 0.527. The molecule has 1 atom stereocenters. The molecule has 2 rings (SSSR count). The van der Waals surface area contributed by atoms with Crippen molar-refractivity contribution in [3.05, 3.63) is 58.8 Å². The first-order valence-electron chi connectivity index (χ1n) is 5.59. The van der Waals surface area contributed by atoms with Crippen LogP contribution >= 0.6 is 0 Å². The summed E-state index contributed by atoms with van der Waals surface area (Å²) in [5, 5.41) is 3.18. The van der Waals surface area contributed by atoms with Crippen LogP contribution in [0.15, 0.2) is 34.9 Å². The molecule has 0 aliphatic heterocycles. The van der Waals surface area contributed by atoms with Gasteiger partial charge >= 0.3 is 0 Å². The molecule has 0 bridgehead atoms. The van der Waals surface area contributed by atoms with Crippen LogP contribution in [0.4, 0.5) is 4.39 Å². The maximum absolute atomic E-state index is 13.4. The molecule has 1 aromatic heterocycles. The number of benzene rings is 1. The van der Waals surface area contributed by atoms with E-state index in [1.165, 1.54) is 6.07 Å². The van der Waals surface area contributed by atoms with Gasteiger partial charge in [0, 0.05) is 5.56 Å². The molecule has 0 saturated heterocycles. The van der Waals surface area contributed by atoms with Gasteiger partial charge in [-0.25, -0.2) is 4.39 Å². The smallest absolute Gasteiger partial charge is 0.123 e. The highest BCUT2D eigenvalue weighted by Gasteiger charge is 2.15. The van der Waals surface area contributed by atoms with Crippen molar-refractivity contribution in [1.29, 1.82) is 0 Å². The summed E-state index contributed by atoms with van der Waals surface area (Å²) in [4.78, 5) is 0. The van der Waals surface area contributed by atoms with E-state index in [9.17, 15) is 4.39 Å². The number of rotatable bonds is 3. The molecule has 1 N–H and O–H groups in total. The molecule has 0 spiro atoms. The van der Waals surface area contributed by atoms with Gasteiger partial charge in [-0.3, -0.25) is 0 Å². The Labute approximate surface area is 100 Å². The first-order valence-corrected chi connectivity index (χ1v) is 5.59. The highest BCUT2D eigenvalue weighted by Crippen LogP contribution is 2.25. The highest BCUT2D eigenvalue weighted by molar-refractivity contribution is 5.33. The van der Waals surface area contributed by atoms with E-state index in [1.807, 2.05) is 33.0 Å². The molecule has 2 nitrogen and oxygen atoms in total. The lowest BCUT2D eigenvalue weighted by Crippen LogP contribution is -2.17. The molecular formula is C14H16FNO. The first kappa shape index (κ1) is 11.9. The van der Waals surface area contributed by atoms with Crippen LogP contribution < -0.4 is 5.32 Å². The first-order chi connectivity index (χ1) is 8.10. The second-order valence-electron chi connectivity index (χ2n) is 4.27. The van der Waals surface area contributed by atoms with Gasteiger partial charge in [-0.2, -0.15) is 0 Å². The Morgan fingerprint density at radius 2 is 1.88 bits per heavy atom. The summed E-state index contributed by atoms with van der Waals surface area (Å²) in [5.74, 6) is 0.647. The number of aryl methyl sites for hydroxylation is 2. The van der Waals surface area contributed by atoms with Crippen molar-refractivity contribution in [2.45, 2.75) is 19.9 Å². The molecule has 0 fully saturated rings. The average molecular weight is 233 g/mol. The third-order valence-corrected chi connectivity index (χ3v) is 2.77. The van der Waals surface area contributed by atoms with Crippen molar-refractivity contribution in [1.82, 2.24) is 5.32 Å². The number of halogens is 1. The van der Waals surface area contributed by atoms with E-state index in [2.05, 4.69) is 5.32 Å². The van der Waals surface area contributed by atoms with E-state index >= 15 is 0 Å².